The molecule has 1 unspecified atom stereocenters. The Bertz CT molecular complexity index is 718. The van der Waals surface area contributed by atoms with E-state index in [-0.39, 0.29) is 11.4 Å². The van der Waals surface area contributed by atoms with Gasteiger partial charge < -0.3 is 10.1 Å². The van der Waals surface area contributed by atoms with Crippen LogP contribution in [0.5, 0.6) is 5.75 Å². The quantitative estimate of drug-likeness (QED) is 0.807. The molecule has 0 aliphatic rings. The number of para-hydroxylation sites is 2. The minimum atomic E-state index is -3.04. The van der Waals surface area contributed by atoms with Crippen molar-refractivity contribution in [1.29, 1.82) is 0 Å². The van der Waals surface area contributed by atoms with Crippen molar-refractivity contribution < 1.29 is 27.1 Å². The highest BCUT2D eigenvalue weighted by atomic mass is 19.3. The number of nitrogens with zero attached hydrogens (tertiary/aromatic N) is 2. The lowest BCUT2D eigenvalue weighted by atomic mass is 10.2. The van der Waals surface area contributed by atoms with Gasteiger partial charge in [0.2, 0.25) is 5.91 Å². The van der Waals surface area contributed by atoms with E-state index in [0.29, 0.717) is 5.69 Å². The van der Waals surface area contributed by atoms with Crippen molar-refractivity contribution in [3.05, 3.63) is 41.7 Å². The van der Waals surface area contributed by atoms with Crippen LogP contribution in [-0.2, 0) is 4.79 Å². The number of hydrogen-bond donors (Lipinski definition) is 1. The van der Waals surface area contributed by atoms with Gasteiger partial charge in [0.25, 0.3) is 6.43 Å². The number of halogens is 4. The molecule has 9 heteroatoms. The molecule has 2 aromatic rings. The van der Waals surface area contributed by atoms with Crippen LogP contribution in [-0.4, -0.2) is 22.3 Å². The maximum atomic E-state index is 12.7. The molecule has 0 radical (unpaired) electrons. The van der Waals surface area contributed by atoms with Crippen LogP contribution in [0.25, 0.3) is 0 Å². The zero-order valence-electron chi connectivity index (χ0n) is 12.8. The van der Waals surface area contributed by atoms with E-state index in [4.69, 9.17) is 0 Å². The summed E-state index contributed by atoms with van der Waals surface area (Å²) in [5.74, 6) is -0.800. The lowest BCUT2D eigenvalue weighted by molar-refractivity contribution is -0.119. The van der Waals surface area contributed by atoms with Crippen molar-refractivity contribution in [3.8, 4) is 5.75 Å². The van der Waals surface area contributed by atoms with Crippen molar-refractivity contribution in [2.24, 2.45) is 0 Å². The normalized spacial score (nSPS) is 12.5. The van der Waals surface area contributed by atoms with Crippen LogP contribution in [0.15, 0.2) is 30.3 Å². The molecule has 0 aliphatic carbocycles. The molecule has 2 rings (SSSR count). The molecule has 1 amide bonds. The molecular formula is C15H15F4N3O2. The third-order valence-electron chi connectivity index (χ3n) is 3.27. The Hall–Kier alpha value is -2.58. The van der Waals surface area contributed by atoms with Crippen molar-refractivity contribution in [2.75, 3.05) is 5.32 Å². The molecule has 0 spiro atoms. The number of benzene rings is 1. The second-order valence-electron chi connectivity index (χ2n) is 5.00. The molecule has 24 heavy (non-hydrogen) atoms. The van der Waals surface area contributed by atoms with Crippen LogP contribution in [0.2, 0.25) is 0 Å². The second kappa shape index (κ2) is 7.33. The van der Waals surface area contributed by atoms with Crippen LogP contribution in [0.4, 0.5) is 23.2 Å². The van der Waals surface area contributed by atoms with Gasteiger partial charge in [-0.2, -0.15) is 13.9 Å². The molecule has 0 aliphatic heterocycles. The summed E-state index contributed by atoms with van der Waals surface area (Å²) in [5, 5.41) is 6.13. The van der Waals surface area contributed by atoms with Crippen LogP contribution in [0.3, 0.4) is 0 Å². The summed E-state index contributed by atoms with van der Waals surface area (Å²) in [5.41, 5.74) is -0.00723. The summed E-state index contributed by atoms with van der Waals surface area (Å²) in [6.45, 7) is -0.0417. The number of aryl methyl sites for hydroxylation is 1. The Morgan fingerprint density at radius 3 is 2.50 bits per heavy atom. The number of amides is 1. The first-order valence-corrected chi connectivity index (χ1v) is 6.98. The largest absolute Gasteiger partial charge is 0.433 e. The van der Waals surface area contributed by atoms with E-state index in [0.717, 1.165) is 4.68 Å². The average molecular weight is 345 g/mol. The van der Waals surface area contributed by atoms with Crippen LogP contribution in [0, 0.1) is 6.92 Å². The number of carbonyl (C=O) groups excluding carboxylic acids is 1. The number of nitrogens with one attached hydrogen (secondary N) is 1. The van der Waals surface area contributed by atoms with Crippen molar-refractivity contribution in [2.45, 2.75) is 32.9 Å². The highest BCUT2D eigenvalue weighted by Crippen LogP contribution is 2.27. The van der Waals surface area contributed by atoms with Crippen LogP contribution >= 0.6 is 0 Å². The molecule has 0 saturated heterocycles. The molecule has 130 valence electrons. The number of anilines is 1. The highest BCUT2D eigenvalue weighted by molar-refractivity contribution is 5.94. The Labute approximate surface area is 135 Å². The van der Waals surface area contributed by atoms with E-state index in [2.05, 4.69) is 15.2 Å². The van der Waals surface area contributed by atoms with Crippen molar-refractivity contribution >= 4 is 11.6 Å². The first kappa shape index (κ1) is 17.8. The summed E-state index contributed by atoms with van der Waals surface area (Å²) in [6, 6.07) is 5.94. The van der Waals surface area contributed by atoms with Gasteiger partial charge in [-0.15, -0.1) is 0 Å². The van der Waals surface area contributed by atoms with Crippen LogP contribution < -0.4 is 10.1 Å². The Kier molecular flexibility index (Phi) is 5.42. The zero-order chi connectivity index (χ0) is 17.9. The van der Waals surface area contributed by atoms with Gasteiger partial charge in [0.05, 0.1) is 5.69 Å². The van der Waals surface area contributed by atoms with Crippen molar-refractivity contribution in [3.63, 3.8) is 0 Å². The summed E-state index contributed by atoms with van der Waals surface area (Å²) >= 11 is 0. The molecule has 5 nitrogen and oxygen atoms in total. The summed E-state index contributed by atoms with van der Waals surface area (Å²) in [7, 11) is 0. The van der Waals surface area contributed by atoms with Gasteiger partial charge in [-0.3, -0.25) is 9.48 Å². The molecule has 1 aromatic carbocycles. The predicted molar refractivity (Wildman–Crippen MR) is 78.3 cm³/mol. The Morgan fingerprint density at radius 1 is 1.25 bits per heavy atom. The first-order valence-electron chi connectivity index (χ1n) is 6.98. The molecule has 1 N–H and O–H groups in total. The fourth-order valence-corrected chi connectivity index (χ4v) is 2.13. The maximum Gasteiger partial charge on any atom is 0.387 e. The lowest BCUT2D eigenvalue weighted by Gasteiger charge is -2.16. The standard InChI is InChI=1S/C15H15F4N3O2/c1-8-7-11(13(16)17)21-22(8)9(2)14(23)20-10-5-3-4-6-12(10)24-15(18)19/h3-7,9,13,15H,1-2H3,(H,20,23). The molecular weight excluding hydrogens is 330 g/mol. The number of rotatable bonds is 6. The first-order chi connectivity index (χ1) is 11.3. The lowest BCUT2D eigenvalue weighted by Crippen LogP contribution is -2.25. The molecule has 0 fully saturated rings. The van der Waals surface area contributed by atoms with Gasteiger partial charge in [0.15, 0.2) is 0 Å². The predicted octanol–water partition coefficient (Wildman–Crippen LogP) is 3.93. The van der Waals surface area contributed by atoms with E-state index in [1.54, 1.807) is 0 Å². The number of carbonyl (C=O) groups is 1. The summed E-state index contributed by atoms with van der Waals surface area (Å²) < 4.78 is 55.6. The fourth-order valence-electron chi connectivity index (χ4n) is 2.13. The fraction of sp³-hybridized carbons (Fsp3) is 0.333. The van der Waals surface area contributed by atoms with E-state index < -0.39 is 30.7 Å². The molecule has 1 heterocycles. The SMILES string of the molecule is Cc1cc(C(F)F)nn1C(C)C(=O)Nc1ccccc1OC(F)F. The summed E-state index contributed by atoms with van der Waals surface area (Å²) in [4.78, 5) is 12.3. The summed E-state index contributed by atoms with van der Waals surface area (Å²) in [6.07, 6.45) is -2.75. The van der Waals surface area contributed by atoms with E-state index in [1.165, 1.54) is 44.2 Å². The number of aromatic nitrogens is 2. The topological polar surface area (TPSA) is 56.2 Å². The Balaban J connectivity index is 2.18. The van der Waals surface area contributed by atoms with Gasteiger partial charge >= 0.3 is 6.61 Å². The van der Waals surface area contributed by atoms with E-state index in [9.17, 15) is 22.4 Å². The minimum absolute atomic E-state index is 0.0496. The smallest absolute Gasteiger partial charge is 0.387 e. The Morgan fingerprint density at radius 2 is 1.92 bits per heavy atom. The number of ether oxygens (including phenoxy) is 1. The molecule has 0 saturated carbocycles. The molecule has 1 aromatic heterocycles. The molecule has 1 atom stereocenters. The minimum Gasteiger partial charge on any atom is -0.433 e. The monoisotopic (exact) mass is 345 g/mol. The van der Waals surface area contributed by atoms with Gasteiger partial charge in [0.1, 0.15) is 17.5 Å². The molecule has 0 bridgehead atoms. The van der Waals surface area contributed by atoms with E-state index in [1.807, 2.05) is 0 Å². The zero-order valence-corrected chi connectivity index (χ0v) is 12.8. The highest BCUT2D eigenvalue weighted by Gasteiger charge is 2.22. The number of alkyl halides is 4. The second-order valence-corrected chi connectivity index (χ2v) is 5.00. The van der Waals surface area contributed by atoms with E-state index >= 15 is 0 Å². The van der Waals surface area contributed by atoms with Crippen LogP contribution in [0.1, 0.15) is 30.8 Å². The third-order valence-corrected chi connectivity index (χ3v) is 3.27. The van der Waals surface area contributed by atoms with Gasteiger partial charge in [-0.25, -0.2) is 8.78 Å². The number of hydrogen-bond acceptors (Lipinski definition) is 3. The van der Waals surface area contributed by atoms with Gasteiger partial charge in [-0.05, 0) is 32.0 Å². The van der Waals surface area contributed by atoms with Gasteiger partial charge in [0, 0.05) is 5.69 Å². The van der Waals surface area contributed by atoms with Gasteiger partial charge in [-0.1, -0.05) is 12.1 Å². The third kappa shape index (κ3) is 4.03. The average Bonchev–Trinajstić information content (AvgIpc) is 2.90. The maximum absolute atomic E-state index is 12.7. The van der Waals surface area contributed by atoms with Crippen molar-refractivity contribution in [1.82, 2.24) is 9.78 Å².